The number of aliphatic carboxylic acids is 1. The molecule has 5 heteroatoms. The third-order valence-electron chi connectivity index (χ3n) is 5.58. The summed E-state index contributed by atoms with van der Waals surface area (Å²) < 4.78 is 0. The molecule has 158 valence electrons. The maximum absolute atomic E-state index is 10.9. The SMILES string of the molecule is C/C(=N/OCc1ccc(-c2ccccc2)cc1)c1ccc(CN2CC(C(=O)O)C2)cc1. The van der Waals surface area contributed by atoms with E-state index in [2.05, 4.69) is 58.6 Å². The maximum Gasteiger partial charge on any atom is 0.309 e. The van der Waals surface area contributed by atoms with E-state index in [1.165, 1.54) is 16.7 Å². The van der Waals surface area contributed by atoms with Crippen molar-refractivity contribution >= 4 is 11.7 Å². The molecule has 5 nitrogen and oxygen atoms in total. The summed E-state index contributed by atoms with van der Waals surface area (Å²) >= 11 is 0. The summed E-state index contributed by atoms with van der Waals surface area (Å²) in [7, 11) is 0. The molecule has 4 rings (SSSR count). The number of carboxylic acid groups (broad SMARTS) is 1. The molecule has 0 saturated carbocycles. The van der Waals surface area contributed by atoms with E-state index in [9.17, 15) is 4.79 Å². The predicted octanol–water partition coefficient (Wildman–Crippen LogP) is 4.81. The molecule has 0 unspecified atom stereocenters. The fourth-order valence-electron chi connectivity index (χ4n) is 3.65. The average Bonchev–Trinajstić information content (AvgIpc) is 2.77. The van der Waals surface area contributed by atoms with Gasteiger partial charge in [0.1, 0.15) is 6.61 Å². The molecule has 0 bridgehead atoms. The molecule has 3 aromatic rings. The van der Waals surface area contributed by atoms with Crippen LogP contribution in [-0.4, -0.2) is 34.8 Å². The summed E-state index contributed by atoms with van der Waals surface area (Å²) in [5, 5.41) is 13.2. The number of oxime groups is 1. The van der Waals surface area contributed by atoms with E-state index in [0.717, 1.165) is 23.4 Å². The van der Waals surface area contributed by atoms with Crippen molar-refractivity contribution in [3.63, 3.8) is 0 Å². The first-order chi connectivity index (χ1) is 15.1. The van der Waals surface area contributed by atoms with E-state index in [4.69, 9.17) is 9.94 Å². The molecule has 1 saturated heterocycles. The largest absolute Gasteiger partial charge is 0.481 e. The Morgan fingerprint density at radius 3 is 2.19 bits per heavy atom. The van der Waals surface area contributed by atoms with Crippen molar-refractivity contribution in [3.05, 3.63) is 95.6 Å². The molecule has 1 heterocycles. The van der Waals surface area contributed by atoms with Gasteiger partial charge in [-0.1, -0.05) is 84.0 Å². The molecule has 0 aromatic heterocycles. The van der Waals surface area contributed by atoms with Gasteiger partial charge in [-0.05, 0) is 34.7 Å². The smallest absolute Gasteiger partial charge is 0.309 e. The summed E-state index contributed by atoms with van der Waals surface area (Å²) in [5.41, 5.74) is 6.45. The van der Waals surface area contributed by atoms with Crippen LogP contribution < -0.4 is 0 Å². The third-order valence-corrected chi connectivity index (χ3v) is 5.58. The molecule has 0 spiro atoms. The molecule has 1 N–H and O–H groups in total. The Labute approximate surface area is 182 Å². The molecule has 31 heavy (non-hydrogen) atoms. The Balaban J connectivity index is 1.27. The van der Waals surface area contributed by atoms with E-state index in [1.807, 2.05) is 37.3 Å². The van der Waals surface area contributed by atoms with Crippen LogP contribution in [0.2, 0.25) is 0 Å². The first-order valence-electron chi connectivity index (χ1n) is 10.4. The number of hydrogen-bond donors (Lipinski definition) is 1. The van der Waals surface area contributed by atoms with E-state index in [1.54, 1.807) is 0 Å². The van der Waals surface area contributed by atoms with E-state index in [0.29, 0.717) is 19.7 Å². The number of hydrogen-bond acceptors (Lipinski definition) is 4. The summed E-state index contributed by atoms with van der Waals surface area (Å²) in [6.07, 6.45) is 0. The maximum atomic E-state index is 10.9. The molecule has 3 aromatic carbocycles. The van der Waals surface area contributed by atoms with Gasteiger partial charge < -0.3 is 9.94 Å². The fourth-order valence-corrected chi connectivity index (χ4v) is 3.65. The zero-order chi connectivity index (χ0) is 21.6. The van der Waals surface area contributed by atoms with Crippen LogP contribution in [0.5, 0.6) is 0 Å². The standard InChI is InChI=1S/C26H26N2O3/c1-19(22-11-7-20(8-12-22)15-28-16-25(17-28)26(29)30)27-31-18-21-9-13-24(14-10-21)23-5-3-2-4-6-23/h2-14,25H,15-18H2,1H3,(H,29,30)/b27-19-. The Morgan fingerprint density at radius 1 is 0.935 bits per heavy atom. The minimum Gasteiger partial charge on any atom is -0.481 e. The first kappa shape index (κ1) is 20.8. The van der Waals surface area contributed by atoms with Crippen molar-refractivity contribution < 1.29 is 14.7 Å². The van der Waals surface area contributed by atoms with E-state index < -0.39 is 5.97 Å². The highest BCUT2D eigenvalue weighted by molar-refractivity contribution is 5.98. The van der Waals surface area contributed by atoms with Crippen molar-refractivity contribution in [3.8, 4) is 11.1 Å². The molecule has 1 fully saturated rings. The quantitative estimate of drug-likeness (QED) is 0.424. The second-order valence-corrected chi connectivity index (χ2v) is 7.94. The van der Waals surface area contributed by atoms with Crippen molar-refractivity contribution in [2.45, 2.75) is 20.1 Å². The number of rotatable bonds is 8. The van der Waals surface area contributed by atoms with Gasteiger partial charge in [-0.3, -0.25) is 9.69 Å². The van der Waals surface area contributed by atoms with Gasteiger partial charge in [-0.2, -0.15) is 0 Å². The third kappa shape index (κ3) is 5.38. The van der Waals surface area contributed by atoms with Crippen molar-refractivity contribution in [2.75, 3.05) is 13.1 Å². The summed E-state index contributed by atoms with van der Waals surface area (Å²) in [6.45, 7) is 4.37. The van der Waals surface area contributed by atoms with Gasteiger partial charge in [0.25, 0.3) is 0 Å². The topological polar surface area (TPSA) is 62.1 Å². The second-order valence-electron chi connectivity index (χ2n) is 7.94. The van der Waals surface area contributed by atoms with Crippen LogP contribution >= 0.6 is 0 Å². The number of benzene rings is 3. The molecule has 0 aliphatic carbocycles. The average molecular weight is 415 g/mol. The lowest BCUT2D eigenvalue weighted by Crippen LogP contribution is -2.49. The molecule has 1 aliphatic rings. The van der Waals surface area contributed by atoms with Crippen LogP contribution in [0.3, 0.4) is 0 Å². The number of likely N-dealkylation sites (tertiary alicyclic amines) is 1. The van der Waals surface area contributed by atoms with Crippen molar-refractivity contribution in [1.29, 1.82) is 0 Å². The van der Waals surface area contributed by atoms with Crippen LogP contribution in [0.1, 0.15) is 23.6 Å². The van der Waals surface area contributed by atoms with Gasteiger partial charge in [0.2, 0.25) is 0 Å². The van der Waals surface area contributed by atoms with Gasteiger partial charge in [0, 0.05) is 19.6 Å². The lowest BCUT2D eigenvalue weighted by molar-refractivity contribution is -0.147. The first-order valence-corrected chi connectivity index (χ1v) is 10.4. The van der Waals surface area contributed by atoms with Crippen LogP contribution in [0, 0.1) is 5.92 Å². The van der Waals surface area contributed by atoms with Crippen molar-refractivity contribution in [2.24, 2.45) is 11.1 Å². The lowest BCUT2D eigenvalue weighted by atomic mass is 9.99. The predicted molar refractivity (Wildman–Crippen MR) is 122 cm³/mol. The molecule has 0 radical (unpaired) electrons. The summed E-state index contributed by atoms with van der Waals surface area (Å²) in [6, 6.07) is 26.8. The summed E-state index contributed by atoms with van der Waals surface area (Å²) in [5.74, 6) is -0.925. The van der Waals surface area contributed by atoms with Gasteiger partial charge in [-0.25, -0.2) is 0 Å². The minimum atomic E-state index is -0.703. The van der Waals surface area contributed by atoms with Gasteiger partial charge in [-0.15, -0.1) is 0 Å². The minimum absolute atomic E-state index is 0.222. The van der Waals surface area contributed by atoms with Crippen LogP contribution in [0.25, 0.3) is 11.1 Å². The highest BCUT2D eigenvalue weighted by atomic mass is 16.6. The zero-order valence-corrected chi connectivity index (χ0v) is 17.6. The van der Waals surface area contributed by atoms with Gasteiger partial charge in [0.05, 0.1) is 11.6 Å². The van der Waals surface area contributed by atoms with E-state index >= 15 is 0 Å². The molecular formula is C26H26N2O3. The number of carbonyl (C=O) groups is 1. The highest BCUT2D eigenvalue weighted by Crippen LogP contribution is 2.20. The van der Waals surface area contributed by atoms with Gasteiger partial charge in [0.15, 0.2) is 0 Å². The Bertz CT molecular complexity index is 1040. The lowest BCUT2D eigenvalue weighted by Gasteiger charge is -2.36. The monoisotopic (exact) mass is 414 g/mol. The Morgan fingerprint density at radius 2 is 1.55 bits per heavy atom. The van der Waals surface area contributed by atoms with Crippen LogP contribution in [-0.2, 0) is 22.8 Å². The molecule has 0 amide bonds. The Hall–Kier alpha value is -3.44. The fraction of sp³-hybridized carbons (Fsp3) is 0.231. The Kier molecular flexibility index (Phi) is 6.43. The van der Waals surface area contributed by atoms with Gasteiger partial charge >= 0.3 is 5.97 Å². The highest BCUT2D eigenvalue weighted by Gasteiger charge is 2.32. The molecule has 0 atom stereocenters. The molecule has 1 aliphatic heterocycles. The summed E-state index contributed by atoms with van der Waals surface area (Å²) in [4.78, 5) is 18.6. The second kappa shape index (κ2) is 9.58. The normalized spacial score (nSPS) is 14.8. The van der Waals surface area contributed by atoms with Crippen LogP contribution in [0.15, 0.2) is 84.0 Å². The van der Waals surface area contributed by atoms with Crippen LogP contribution in [0.4, 0.5) is 0 Å². The number of nitrogens with zero attached hydrogens (tertiary/aromatic N) is 2. The molecular weight excluding hydrogens is 388 g/mol. The number of carboxylic acids is 1. The zero-order valence-electron chi connectivity index (χ0n) is 17.6. The van der Waals surface area contributed by atoms with E-state index in [-0.39, 0.29) is 5.92 Å². The van der Waals surface area contributed by atoms with Crippen molar-refractivity contribution in [1.82, 2.24) is 4.90 Å².